The van der Waals surface area contributed by atoms with Gasteiger partial charge in [-0.3, -0.25) is 10.1 Å². The van der Waals surface area contributed by atoms with Gasteiger partial charge >= 0.3 is 0 Å². The van der Waals surface area contributed by atoms with Crippen LogP contribution in [-0.4, -0.2) is 31.4 Å². The van der Waals surface area contributed by atoms with E-state index in [0.29, 0.717) is 28.6 Å². The smallest absolute Gasteiger partial charge is 0.273 e. The van der Waals surface area contributed by atoms with E-state index in [9.17, 15) is 10.1 Å². The van der Waals surface area contributed by atoms with Crippen LogP contribution in [0.5, 0.6) is 17.2 Å². The van der Waals surface area contributed by atoms with E-state index < -0.39 is 4.92 Å². The molecule has 9 heteroatoms. The highest BCUT2D eigenvalue weighted by molar-refractivity contribution is 7.80. The molecule has 0 aliphatic carbocycles. The lowest BCUT2D eigenvalue weighted by Crippen LogP contribution is -2.20. The molecule has 0 radical (unpaired) electrons. The van der Waals surface area contributed by atoms with Gasteiger partial charge in [0.2, 0.25) is 0 Å². The molecular weight excluding hydrogens is 346 g/mol. The SMILES string of the molecule is COc1ccc(NC(=S)Nc2ccc([N+](=O)[O-])cc2OC)c(OC)c1. The summed E-state index contributed by atoms with van der Waals surface area (Å²) in [7, 11) is 4.53. The van der Waals surface area contributed by atoms with E-state index in [4.69, 9.17) is 26.4 Å². The summed E-state index contributed by atoms with van der Waals surface area (Å²) in [5, 5.41) is 17.0. The Balaban J connectivity index is 2.16. The van der Waals surface area contributed by atoms with E-state index >= 15 is 0 Å². The Morgan fingerprint density at radius 1 is 0.960 bits per heavy atom. The van der Waals surface area contributed by atoms with Crippen LogP contribution in [0, 0.1) is 10.1 Å². The third-order valence-corrected chi connectivity index (χ3v) is 3.51. The first kappa shape index (κ1) is 18.3. The van der Waals surface area contributed by atoms with E-state index in [1.807, 2.05) is 0 Å². The predicted molar refractivity (Wildman–Crippen MR) is 99.0 cm³/mol. The Morgan fingerprint density at radius 2 is 1.52 bits per heavy atom. The molecule has 0 heterocycles. The maximum atomic E-state index is 10.8. The molecular formula is C16H17N3O5S. The molecule has 132 valence electrons. The molecule has 0 saturated heterocycles. The molecule has 0 aliphatic rings. The van der Waals surface area contributed by atoms with Gasteiger partial charge in [-0.05, 0) is 30.4 Å². The van der Waals surface area contributed by atoms with Crippen molar-refractivity contribution in [1.82, 2.24) is 0 Å². The number of nitro groups is 1. The number of thiocarbonyl (C=S) groups is 1. The van der Waals surface area contributed by atoms with Crippen LogP contribution in [0.4, 0.5) is 17.1 Å². The van der Waals surface area contributed by atoms with Crippen molar-refractivity contribution in [3.8, 4) is 17.2 Å². The second-order valence-corrected chi connectivity index (χ2v) is 5.20. The van der Waals surface area contributed by atoms with Gasteiger partial charge in [0.05, 0.1) is 43.7 Å². The summed E-state index contributed by atoms with van der Waals surface area (Å²) in [4.78, 5) is 10.3. The number of non-ortho nitro benzene ring substituents is 1. The normalized spacial score (nSPS) is 9.88. The predicted octanol–water partition coefficient (Wildman–Crippen LogP) is 3.43. The quantitative estimate of drug-likeness (QED) is 0.458. The van der Waals surface area contributed by atoms with E-state index in [0.717, 1.165) is 0 Å². The van der Waals surface area contributed by atoms with Crippen LogP contribution < -0.4 is 24.8 Å². The highest BCUT2D eigenvalue weighted by atomic mass is 32.1. The molecule has 0 aliphatic heterocycles. The zero-order valence-corrected chi connectivity index (χ0v) is 14.7. The molecule has 8 nitrogen and oxygen atoms in total. The van der Waals surface area contributed by atoms with Crippen molar-refractivity contribution >= 4 is 34.4 Å². The Labute approximate surface area is 149 Å². The third kappa shape index (κ3) is 4.48. The van der Waals surface area contributed by atoms with Crippen molar-refractivity contribution in [2.45, 2.75) is 0 Å². The Bertz CT molecular complexity index is 797. The topological polar surface area (TPSA) is 94.9 Å². The Hall–Kier alpha value is -3.07. The molecule has 2 rings (SSSR count). The van der Waals surface area contributed by atoms with Gasteiger partial charge in [-0.1, -0.05) is 0 Å². The Kier molecular flexibility index (Phi) is 5.96. The number of hydrogen-bond donors (Lipinski definition) is 2. The lowest BCUT2D eigenvalue weighted by Gasteiger charge is -2.15. The molecule has 0 unspecified atom stereocenters. The van der Waals surface area contributed by atoms with Crippen LogP contribution in [0.15, 0.2) is 36.4 Å². The summed E-state index contributed by atoms with van der Waals surface area (Å²) in [6.07, 6.45) is 0. The third-order valence-electron chi connectivity index (χ3n) is 3.30. The van der Waals surface area contributed by atoms with Crippen LogP contribution in [0.3, 0.4) is 0 Å². The number of nitrogens with zero attached hydrogens (tertiary/aromatic N) is 1. The number of rotatable bonds is 6. The molecule has 2 aromatic rings. The number of nitrogens with one attached hydrogen (secondary N) is 2. The average molecular weight is 363 g/mol. The lowest BCUT2D eigenvalue weighted by molar-refractivity contribution is -0.384. The van der Waals surface area contributed by atoms with Crippen molar-refractivity contribution < 1.29 is 19.1 Å². The van der Waals surface area contributed by atoms with Gasteiger partial charge < -0.3 is 24.8 Å². The molecule has 0 bridgehead atoms. The standard InChI is InChI=1S/C16H17N3O5S/c1-22-11-5-7-13(15(9-11)24-3)18-16(25)17-12-6-4-10(19(20)21)8-14(12)23-2/h4-9H,1-3H3,(H2,17,18,25). The molecule has 25 heavy (non-hydrogen) atoms. The number of hydrogen-bond acceptors (Lipinski definition) is 6. The first-order valence-electron chi connectivity index (χ1n) is 7.11. The van der Waals surface area contributed by atoms with Gasteiger partial charge in [-0.15, -0.1) is 0 Å². The number of ether oxygens (including phenoxy) is 3. The van der Waals surface area contributed by atoms with E-state index in [-0.39, 0.29) is 10.8 Å². The summed E-state index contributed by atoms with van der Waals surface area (Å²) >= 11 is 5.28. The van der Waals surface area contributed by atoms with Gasteiger partial charge in [-0.2, -0.15) is 0 Å². The van der Waals surface area contributed by atoms with Crippen molar-refractivity contribution in [1.29, 1.82) is 0 Å². The second kappa shape index (κ2) is 8.15. The summed E-state index contributed by atoms with van der Waals surface area (Å²) in [6, 6.07) is 9.45. The van der Waals surface area contributed by atoms with E-state index in [1.165, 1.54) is 32.4 Å². The maximum Gasteiger partial charge on any atom is 0.273 e. The van der Waals surface area contributed by atoms with Crippen LogP contribution >= 0.6 is 12.2 Å². The molecule has 0 fully saturated rings. The minimum Gasteiger partial charge on any atom is -0.497 e. The van der Waals surface area contributed by atoms with Gasteiger partial charge in [-0.25, -0.2) is 0 Å². The highest BCUT2D eigenvalue weighted by Gasteiger charge is 2.13. The van der Waals surface area contributed by atoms with Crippen LogP contribution in [0.2, 0.25) is 0 Å². The summed E-state index contributed by atoms with van der Waals surface area (Å²) in [5.41, 5.74) is 1.07. The lowest BCUT2D eigenvalue weighted by atomic mass is 10.2. The summed E-state index contributed by atoms with van der Waals surface area (Å²) in [5.74, 6) is 1.51. The minimum absolute atomic E-state index is 0.0712. The van der Waals surface area contributed by atoms with Gasteiger partial charge in [0.25, 0.3) is 5.69 Å². The van der Waals surface area contributed by atoms with Crippen LogP contribution in [0.25, 0.3) is 0 Å². The fraction of sp³-hybridized carbons (Fsp3) is 0.188. The number of nitro benzene ring substituents is 1. The average Bonchev–Trinajstić information content (AvgIpc) is 2.62. The van der Waals surface area contributed by atoms with E-state index in [2.05, 4.69) is 10.6 Å². The zero-order valence-electron chi connectivity index (χ0n) is 13.9. The maximum absolute atomic E-state index is 10.8. The summed E-state index contributed by atoms with van der Waals surface area (Å²) < 4.78 is 15.6. The number of benzene rings is 2. The van der Waals surface area contributed by atoms with Crippen molar-refractivity contribution in [2.24, 2.45) is 0 Å². The molecule has 0 spiro atoms. The summed E-state index contributed by atoms with van der Waals surface area (Å²) in [6.45, 7) is 0. The minimum atomic E-state index is -0.495. The second-order valence-electron chi connectivity index (χ2n) is 4.79. The fourth-order valence-corrected chi connectivity index (χ4v) is 2.29. The van der Waals surface area contributed by atoms with Gasteiger partial charge in [0.15, 0.2) is 5.11 Å². The zero-order chi connectivity index (χ0) is 18.4. The molecule has 0 aromatic heterocycles. The van der Waals surface area contributed by atoms with Gasteiger partial charge in [0, 0.05) is 12.1 Å². The highest BCUT2D eigenvalue weighted by Crippen LogP contribution is 2.31. The van der Waals surface area contributed by atoms with Crippen LogP contribution in [-0.2, 0) is 0 Å². The van der Waals surface area contributed by atoms with Crippen molar-refractivity contribution in [3.63, 3.8) is 0 Å². The van der Waals surface area contributed by atoms with Crippen LogP contribution in [0.1, 0.15) is 0 Å². The van der Waals surface area contributed by atoms with Gasteiger partial charge in [0.1, 0.15) is 17.2 Å². The van der Waals surface area contributed by atoms with Crippen molar-refractivity contribution in [3.05, 3.63) is 46.5 Å². The monoisotopic (exact) mass is 363 g/mol. The number of methoxy groups -OCH3 is 3. The Morgan fingerprint density at radius 3 is 2.04 bits per heavy atom. The largest absolute Gasteiger partial charge is 0.497 e. The van der Waals surface area contributed by atoms with Crippen molar-refractivity contribution in [2.75, 3.05) is 32.0 Å². The molecule has 0 saturated carbocycles. The van der Waals surface area contributed by atoms with E-state index in [1.54, 1.807) is 25.3 Å². The number of anilines is 2. The molecule has 2 N–H and O–H groups in total. The first-order valence-corrected chi connectivity index (χ1v) is 7.51. The fourth-order valence-electron chi connectivity index (χ4n) is 2.07. The molecule has 2 aromatic carbocycles. The molecule has 0 atom stereocenters. The molecule has 0 amide bonds. The first-order chi connectivity index (χ1) is 12.0.